The Hall–Kier alpha value is -2.90. The molecule has 0 aliphatic heterocycles. The first kappa shape index (κ1) is 27.1. The van der Waals surface area contributed by atoms with Crippen molar-refractivity contribution >= 4 is 22.9 Å². The minimum Gasteiger partial charge on any atom is -0.367 e. The van der Waals surface area contributed by atoms with Gasteiger partial charge < -0.3 is 5.73 Å². The van der Waals surface area contributed by atoms with Crippen molar-refractivity contribution in [3.63, 3.8) is 0 Å². The van der Waals surface area contributed by atoms with E-state index in [2.05, 4.69) is 20.1 Å². The molecule has 0 fully saturated rings. The zero-order chi connectivity index (χ0) is 23.3. The van der Waals surface area contributed by atoms with Crippen LogP contribution >= 0.6 is 0 Å². The van der Waals surface area contributed by atoms with Crippen LogP contribution in [0.3, 0.4) is 0 Å². The van der Waals surface area contributed by atoms with Crippen LogP contribution in [0.15, 0.2) is 35.6 Å². The van der Waals surface area contributed by atoms with Crippen molar-refractivity contribution in [2.45, 2.75) is 68.2 Å². The van der Waals surface area contributed by atoms with Gasteiger partial charge in [0.05, 0.1) is 28.8 Å². The molecule has 0 amide bonds. The number of nitrogens with zero attached hydrogens (tertiary/aromatic N) is 5. The lowest BCUT2D eigenvalue weighted by Crippen LogP contribution is -1.99. The van der Waals surface area contributed by atoms with Gasteiger partial charge in [-0.05, 0) is 39.0 Å². The fourth-order valence-electron chi connectivity index (χ4n) is 2.19. The van der Waals surface area contributed by atoms with Crippen LogP contribution in [0.1, 0.15) is 60.6 Å². The van der Waals surface area contributed by atoms with Crippen molar-refractivity contribution in [1.29, 1.82) is 0 Å². The van der Waals surface area contributed by atoms with Gasteiger partial charge in [-0.3, -0.25) is 9.98 Å². The molecule has 3 aromatic rings. The highest BCUT2D eigenvalue weighted by Crippen LogP contribution is 2.27. The van der Waals surface area contributed by atoms with E-state index in [1.54, 1.807) is 10.7 Å². The number of hydrogen-bond acceptors (Lipinski definition) is 5. The number of halogens is 2. The Balaban J connectivity index is 0.000000808. The van der Waals surface area contributed by atoms with Crippen LogP contribution in [-0.2, 0) is 0 Å². The van der Waals surface area contributed by atoms with E-state index in [1.165, 1.54) is 6.92 Å². The summed E-state index contributed by atoms with van der Waals surface area (Å²) in [7, 11) is 0. The molecule has 0 saturated carbocycles. The number of aliphatic imine (C=N–C) groups is 1. The van der Waals surface area contributed by atoms with Crippen LogP contribution in [0, 0.1) is 6.92 Å². The van der Waals surface area contributed by atoms with E-state index in [0.717, 1.165) is 33.9 Å². The first-order valence-electron chi connectivity index (χ1n) is 10.2. The van der Waals surface area contributed by atoms with Gasteiger partial charge in [-0.25, -0.2) is 18.3 Å². The number of aryl methyl sites for hydroxylation is 1. The number of fused-ring (bicyclic) bond motifs is 1. The molecule has 0 bridgehead atoms. The quantitative estimate of drug-likeness (QED) is 0.490. The van der Waals surface area contributed by atoms with Gasteiger partial charge in [0.1, 0.15) is 0 Å². The van der Waals surface area contributed by atoms with E-state index in [4.69, 9.17) is 5.73 Å². The van der Waals surface area contributed by atoms with Gasteiger partial charge >= 0.3 is 0 Å². The molecule has 6 nitrogen and oxygen atoms in total. The molecule has 3 aromatic heterocycles. The maximum atomic E-state index is 10.8. The van der Waals surface area contributed by atoms with Crippen molar-refractivity contribution < 1.29 is 8.78 Å². The third-order valence-electron chi connectivity index (χ3n) is 3.42. The summed E-state index contributed by atoms with van der Waals surface area (Å²) in [6, 6.07) is 5.89. The van der Waals surface area contributed by atoms with Crippen molar-refractivity contribution in [2.24, 2.45) is 4.99 Å². The summed E-state index contributed by atoms with van der Waals surface area (Å²) >= 11 is 0. The predicted molar refractivity (Wildman–Crippen MR) is 123 cm³/mol. The van der Waals surface area contributed by atoms with Gasteiger partial charge in [0.2, 0.25) is 12.4 Å². The molecule has 0 aliphatic rings. The molecule has 0 aliphatic carbocycles. The van der Waals surface area contributed by atoms with E-state index in [1.807, 2.05) is 72.9 Å². The van der Waals surface area contributed by atoms with Crippen molar-refractivity contribution in [3.05, 3.63) is 36.3 Å². The van der Waals surface area contributed by atoms with Crippen molar-refractivity contribution in [1.82, 2.24) is 19.6 Å². The van der Waals surface area contributed by atoms with Crippen LogP contribution in [0.5, 0.6) is 0 Å². The summed E-state index contributed by atoms with van der Waals surface area (Å²) in [6.45, 7) is 15.3. The number of rotatable bonds is 3. The second-order valence-electron chi connectivity index (χ2n) is 5.83. The lowest BCUT2D eigenvalue weighted by atomic mass is 10.1. The fraction of sp³-hybridized carbons (Fsp3) is 0.455. The summed E-state index contributed by atoms with van der Waals surface area (Å²) in [6.07, 6.45) is 1.41. The Labute approximate surface area is 178 Å². The van der Waals surface area contributed by atoms with Crippen LogP contribution in [0.4, 0.5) is 20.4 Å². The highest BCUT2D eigenvalue weighted by atomic mass is 19.3. The molecule has 0 spiro atoms. The van der Waals surface area contributed by atoms with E-state index in [0.29, 0.717) is 0 Å². The van der Waals surface area contributed by atoms with Crippen LogP contribution in [-0.4, -0.2) is 31.7 Å². The summed E-state index contributed by atoms with van der Waals surface area (Å²) in [5.74, 6) is 0.247. The van der Waals surface area contributed by atoms with Gasteiger partial charge in [-0.1, -0.05) is 34.6 Å². The lowest BCUT2D eigenvalue weighted by Gasteiger charge is -2.04. The van der Waals surface area contributed by atoms with E-state index < -0.39 is 6.43 Å². The van der Waals surface area contributed by atoms with Gasteiger partial charge in [0.15, 0.2) is 0 Å². The van der Waals surface area contributed by atoms with Gasteiger partial charge in [0.25, 0.3) is 0 Å². The molecule has 0 unspecified atom stereocenters. The molecule has 0 radical (unpaired) electrons. The summed E-state index contributed by atoms with van der Waals surface area (Å²) in [5.41, 5.74) is 11.1. The summed E-state index contributed by atoms with van der Waals surface area (Å²) in [5, 5.41) is 4.13. The molecule has 3 rings (SSSR count). The highest BCUT2D eigenvalue weighted by Gasteiger charge is 2.09. The van der Waals surface area contributed by atoms with E-state index in [-0.39, 0.29) is 12.4 Å². The number of alkyl halides is 2. The summed E-state index contributed by atoms with van der Waals surface area (Å²) in [4.78, 5) is 13.1. The largest absolute Gasteiger partial charge is 0.367 e. The van der Waals surface area contributed by atoms with Gasteiger partial charge in [0, 0.05) is 23.9 Å². The molecular weight excluding hydrogens is 386 g/mol. The molecule has 0 aromatic carbocycles. The minimum atomic E-state index is -2.12. The van der Waals surface area contributed by atoms with Crippen LogP contribution in [0.2, 0.25) is 0 Å². The van der Waals surface area contributed by atoms with E-state index in [9.17, 15) is 8.78 Å². The molecule has 0 atom stereocenters. The number of aromatic nitrogens is 4. The average Bonchev–Trinajstić information content (AvgIpc) is 3.15. The smallest absolute Gasteiger partial charge is 0.238 e. The molecule has 8 heteroatoms. The second-order valence-corrected chi connectivity index (χ2v) is 5.83. The van der Waals surface area contributed by atoms with Crippen molar-refractivity contribution in [2.75, 3.05) is 5.73 Å². The zero-order valence-corrected chi connectivity index (χ0v) is 19.2. The Kier molecular flexibility index (Phi) is 12.8. The number of nitrogens with two attached hydrogens (primary N) is 1. The van der Waals surface area contributed by atoms with Gasteiger partial charge in [-0.15, -0.1) is 5.10 Å². The maximum absolute atomic E-state index is 10.8. The third-order valence-corrected chi connectivity index (χ3v) is 3.42. The lowest BCUT2D eigenvalue weighted by molar-refractivity contribution is 0.144. The van der Waals surface area contributed by atoms with Crippen molar-refractivity contribution in [3.8, 4) is 11.3 Å². The maximum Gasteiger partial charge on any atom is 0.238 e. The first-order valence-corrected chi connectivity index (χ1v) is 10.2. The van der Waals surface area contributed by atoms with Crippen LogP contribution in [0.25, 0.3) is 16.8 Å². The fourth-order valence-corrected chi connectivity index (χ4v) is 2.19. The minimum absolute atomic E-state index is 0.0278. The Bertz CT molecular complexity index is 915. The monoisotopic (exact) mass is 420 g/mol. The average molecular weight is 421 g/mol. The number of anilines is 1. The highest BCUT2D eigenvalue weighted by molar-refractivity contribution is 5.83. The standard InChI is InChI=1S/C15H16N6.C3H6F2.2C2H6/c1-9(2)18-12-4-5-13(19-10(12)3)11-6-7-21-14(11)8-17-15(16)20-21;1-2-3(4)5;2*1-2/h4-8H,1-3H3,(H2,16,20);3H,2H2,1H3;2*1-2H3. The second kappa shape index (κ2) is 14.1. The predicted octanol–water partition coefficient (Wildman–Crippen LogP) is 6.51. The Morgan fingerprint density at radius 3 is 2.23 bits per heavy atom. The number of nitrogen functional groups attached to an aromatic ring is 1. The Morgan fingerprint density at radius 2 is 1.73 bits per heavy atom. The zero-order valence-electron chi connectivity index (χ0n) is 19.2. The molecule has 30 heavy (non-hydrogen) atoms. The van der Waals surface area contributed by atoms with Crippen LogP contribution < -0.4 is 5.73 Å². The molecular formula is C22H34F2N6. The number of hydrogen-bond donors (Lipinski definition) is 1. The Morgan fingerprint density at radius 1 is 1.13 bits per heavy atom. The molecule has 2 N–H and O–H groups in total. The first-order chi connectivity index (χ1) is 14.3. The summed E-state index contributed by atoms with van der Waals surface area (Å²) < 4.78 is 23.2. The van der Waals surface area contributed by atoms with E-state index >= 15 is 0 Å². The molecule has 166 valence electrons. The molecule has 0 saturated heterocycles. The topological polar surface area (TPSA) is 81.5 Å². The number of pyridine rings is 1. The molecule has 3 heterocycles. The third kappa shape index (κ3) is 8.23. The SMILES string of the molecule is CC.CC.CC(C)=Nc1ccc(-c2ccn3nc(N)ncc23)nc1C.CCC(F)F. The van der Waals surface area contributed by atoms with Gasteiger partial charge in [-0.2, -0.15) is 0 Å². The normalized spacial score (nSPS) is 9.57.